The lowest BCUT2D eigenvalue weighted by Crippen LogP contribution is -2.36. The lowest BCUT2D eigenvalue weighted by Gasteiger charge is -2.14. The zero-order valence-electron chi connectivity index (χ0n) is 17.4. The molecule has 3 aromatic rings. The standard InChI is InChI=1S/C22H23N3O6/c1-29-18-10-15(22(28)31-3)17(11-19(18)30-2)25-21(27)20(26)23-9-8-13-12-24-16-7-5-4-6-14(13)16/h4-7,10-12,24H,8-9H2,1-3H3,(H,23,26)(H,25,27). The minimum absolute atomic E-state index is 0.0279. The summed E-state index contributed by atoms with van der Waals surface area (Å²) in [5.74, 6) is -1.88. The van der Waals surface area contributed by atoms with Crippen molar-refractivity contribution in [2.45, 2.75) is 6.42 Å². The topological polar surface area (TPSA) is 119 Å². The van der Waals surface area contributed by atoms with Crippen LogP contribution < -0.4 is 20.1 Å². The van der Waals surface area contributed by atoms with Gasteiger partial charge in [-0.3, -0.25) is 9.59 Å². The zero-order chi connectivity index (χ0) is 22.4. The summed E-state index contributed by atoms with van der Waals surface area (Å²) < 4.78 is 15.1. The number of aromatic amines is 1. The monoisotopic (exact) mass is 425 g/mol. The first kappa shape index (κ1) is 21.7. The molecule has 0 aliphatic heterocycles. The minimum atomic E-state index is -0.920. The second-order valence-electron chi connectivity index (χ2n) is 6.56. The fraction of sp³-hybridized carbons (Fsp3) is 0.227. The van der Waals surface area contributed by atoms with Gasteiger partial charge in [0.05, 0.1) is 32.6 Å². The van der Waals surface area contributed by atoms with Gasteiger partial charge < -0.3 is 29.8 Å². The highest BCUT2D eigenvalue weighted by atomic mass is 16.5. The highest BCUT2D eigenvalue weighted by molar-refractivity contribution is 6.40. The van der Waals surface area contributed by atoms with Crippen LogP contribution in [0, 0.1) is 0 Å². The lowest BCUT2D eigenvalue weighted by molar-refractivity contribution is -0.136. The molecule has 9 heteroatoms. The SMILES string of the molecule is COC(=O)c1cc(OC)c(OC)cc1NC(=O)C(=O)NCCc1c[nH]c2ccccc12. The van der Waals surface area contributed by atoms with Crippen molar-refractivity contribution < 1.29 is 28.6 Å². The van der Waals surface area contributed by atoms with Crippen molar-refractivity contribution in [3.63, 3.8) is 0 Å². The van der Waals surface area contributed by atoms with Crippen LogP contribution in [0.25, 0.3) is 10.9 Å². The molecular formula is C22H23N3O6. The summed E-state index contributed by atoms with van der Waals surface area (Å²) in [5.41, 5.74) is 2.14. The molecule has 0 radical (unpaired) electrons. The summed E-state index contributed by atoms with van der Waals surface area (Å²) in [6.07, 6.45) is 2.43. The highest BCUT2D eigenvalue weighted by Crippen LogP contribution is 2.33. The molecule has 9 nitrogen and oxygen atoms in total. The number of rotatable bonds is 7. The molecule has 0 fully saturated rings. The third kappa shape index (κ3) is 4.77. The average molecular weight is 425 g/mol. The number of H-pyrrole nitrogens is 1. The predicted molar refractivity (Wildman–Crippen MR) is 115 cm³/mol. The molecule has 0 bridgehead atoms. The number of methoxy groups -OCH3 is 3. The first-order valence-electron chi connectivity index (χ1n) is 9.47. The van der Waals surface area contributed by atoms with E-state index in [4.69, 9.17) is 14.2 Å². The number of aromatic nitrogens is 1. The molecule has 0 aliphatic rings. The zero-order valence-corrected chi connectivity index (χ0v) is 17.4. The largest absolute Gasteiger partial charge is 0.493 e. The van der Waals surface area contributed by atoms with Crippen molar-refractivity contribution in [3.05, 3.63) is 53.7 Å². The molecule has 0 unspecified atom stereocenters. The fourth-order valence-corrected chi connectivity index (χ4v) is 3.17. The fourth-order valence-electron chi connectivity index (χ4n) is 3.17. The number of carbonyl (C=O) groups excluding carboxylic acids is 3. The van der Waals surface area contributed by atoms with Gasteiger partial charge in [-0.05, 0) is 18.1 Å². The minimum Gasteiger partial charge on any atom is -0.493 e. The normalized spacial score (nSPS) is 10.4. The molecule has 1 heterocycles. The number of ether oxygens (including phenoxy) is 3. The van der Waals surface area contributed by atoms with E-state index >= 15 is 0 Å². The van der Waals surface area contributed by atoms with E-state index in [1.165, 1.54) is 33.5 Å². The molecule has 0 saturated carbocycles. The van der Waals surface area contributed by atoms with Gasteiger partial charge in [0.25, 0.3) is 0 Å². The van der Waals surface area contributed by atoms with Crippen molar-refractivity contribution in [1.82, 2.24) is 10.3 Å². The van der Waals surface area contributed by atoms with Crippen molar-refractivity contribution in [3.8, 4) is 11.5 Å². The number of para-hydroxylation sites is 1. The quantitative estimate of drug-likeness (QED) is 0.395. The number of fused-ring (bicyclic) bond motifs is 1. The maximum Gasteiger partial charge on any atom is 0.340 e. The lowest BCUT2D eigenvalue weighted by atomic mass is 10.1. The van der Waals surface area contributed by atoms with Crippen LogP contribution in [0.1, 0.15) is 15.9 Å². The third-order valence-corrected chi connectivity index (χ3v) is 4.74. The summed E-state index contributed by atoms with van der Waals surface area (Å²) in [6, 6.07) is 10.6. The Bertz CT molecular complexity index is 1120. The van der Waals surface area contributed by atoms with Gasteiger partial charge in [0.2, 0.25) is 0 Å². The van der Waals surface area contributed by atoms with Crippen molar-refractivity contribution in [2.24, 2.45) is 0 Å². The smallest absolute Gasteiger partial charge is 0.340 e. The molecule has 3 N–H and O–H groups in total. The van der Waals surface area contributed by atoms with Gasteiger partial charge >= 0.3 is 17.8 Å². The summed E-state index contributed by atoms with van der Waals surface area (Å²) in [5, 5.41) is 6.08. The molecule has 2 amide bonds. The van der Waals surface area contributed by atoms with Crippen LogP contribution >= 0.6 is 0 Å². The second-order valence-corrected chi connectivity index (χ2v) is 6.56. The van der Waals surface area contributed by atoms with E-state index in [-0.39, 0.29) is 29.3 Å². The Kier molecular flexibility index (Phi) is 6.76. The van der Waals surface area contributed by atoms with Gasteiger partial charge in [0.15, 0.2) is 11.5 Å². The third-order valence-electron chi connectivity index (χ3n) is 4.74. The Morgan fingerprint density at radius 3 is 2.39 bits per heavy atom. The predicted octanol–water partition coefficient (Wildman–Crippen LogP) is 2.27. The number of anilines is 1. The number of amides is 2. The number of nitrogens with one attached hydrogen (secondary N) is 3. The van der Waals surface area contributed by atoms with Crippen LogP contribution in [0.15, 0.2) is 42.6 Å². The van der Waals surface area contributed by atoms with Gasteiger partial charge in [0, 0.05) is 35.8 Å². The van der Waals surface area contributed by atoms with Crippen LogP contribution in [0.4, 0.5) is 5.69 Å². The van der Waals surface area contributed by atoms with Crippen molar-refractivity contribution in [1.29, 1.82) is 0 Å². The summed E-state index contributed by atoms with van der Waals surface area (Å²) in [6.45, 7) is 0.268. The van der Waals surface area contributed by atoms with Crippen LogP contribution in [0.2, 0.25) is 0 Å². The molecule has 3 rings (SSSR count). The Balaban J connectivity index is 1.67. The van der Waals surface area contributed by atoms with Crippen molar-refractivity contribution >= 4 is 34.4 Å². The summed E-state index contributed by atoms with van der Waals surface area (Å²) in [7, 11) is 4.04. The molecule has 0 spiro atoms. The Morgan fingerprint density at radius 2 is 1.68 bits per heavy atom. The number of carbonyl (C=O) groups is 3. The Morgan fingerprint density at radius 1 is 0.968 bits per heavy atom. The van der Waals surface area contributed by atoms with Crippen LogP contribution in [-0.2, 0) is 20.7 Å². The molecule has 2 aromatic carbocycles. The van der Waals surface area contributed by atoms with E-state index in [0.717, 1.165) is 16.5 Å². The number of hydrogen-bond donors (Lipinski definition) is 3. The van der Waals surface area contributed by atoms with Gasteiger partial charge in [-0.15, -0.1) is 0 Å². The van der Waals surface area contributed by atoms with E-state index in [9.17, 15) is 14.4 Å². The molecule has 1 aromatic heterocycles. The van der Waals surface area contributed by atoms with E-state index in [1.54, 1.807) is 0 Å². The van der Waals surface area contributed by atoms with Crippen LogP contribution in [0.5, 0.6) is 11.5 Å². The molecule has 0 saturated heterocycles. The first-order chi connectivity index (χ1) is 15.0. The van der Waals surface area contributed by atoms with Gasteiger partial charge in [-0.1, -0.05) is 18.2 Å². The van der Waals surface area contributed by atoms with Gasteiger partial charge in [-0.2, -0.15) is 0 Å². The Labute approximate surface area is 178 Å². The summed E-state index contributed by atoms with van der Waals surface area (Å²) in [4.78, 5) is 39.9. The van der Waals surface area contributed by atoms with E-state index in [1.807, 2.05) is 30.5 Å². The van der Waals surface area contributed by atoms with Crippen LogP contribution in [-0.4, -0.2) is 50.6 Å². The van der Waals surface area contributed by atoms with E-state index in [0.29, 0.717) is 6.42 Å². The molecular weight excluding hydrogens is 402 g/mol. The maximum atomic E-state index is 12.4. The molecule has 0 atom stereocenters. The van der Waals surface area contributed by atoms with E-state index in [2.05, 4.69) is 15.6 Å². The number of hydrogen-bond acceptors (Lipinski definition) is 6. The first-order valence-corrected chi connectivity index (χ1v) is 9.47. The molecule has 162 valence electrons. The summed E-state index contributed by atoms with van der Waals surface area (Å²) >= 11 is 0. The van der Waals surface area contributed by atoms with Gasteiger partial charge in [0.1, 0.15) is 0 Å². The average Bonchev–Trinajstić information content (AvgIpc) is 3.21. The van der Waals surface area contributed by atoms with E-state index < -0.39 is 17.8 Å². The molecule has 31 heavy (non-hydrogen) atoms. The Hall–Kier alpha value is -4.01. The maximum absolute atomic E-state index is 12.4. The van der Waals surface area contributed by atoms with Crippen molar-refractivity contribution in [2.75, 3.05) is 33.2 Å². The highest BCUT2D eigenvalue weighted by Gasteiger charge is 2.21. The second kappa shape index (κ2) is 9.66. The van der Waals surface area contributed by atoms with Gasteiger partial charge in [-0.25, -0.2) is 4.79 Å². The number of benzene rings is 2. The molecule has 0 aliphatic carbocycles. The number of esters is 1. The van der Waals surface area contributed by atoms with Crippen LogP contribution in [0.3, 0.4) is 0 Å².